The van der Waals surface area contributed by atoms with E-state index in [0.29, 0.717) is 36.3 Å². The monoisotopic (exact) mass is 634 g/mol. The van der Waals surface area contributed by atoms with Gasteiger partial charge in [-0.3, -0.25) is 0 Å². The van der Waals surface area contributed by atoms with Crippen molar-refractivity contribution in [3.63, 3.8) is 0 Å². The van der Waals surface area contributed by atoms with Gasteiger partial charge in [-0.2, -0.15) is 0 Å². The maximum Gasteiger partial charge on any atom is 0.0658 e. The lowest BCUT2D eigenvalue weighted by molar-refractivity contribution is 0.369. The van der Waals surface area contributed by atoms with Crippen molar-refractivity contribution in [2.45, 2.75) is 86.4 Å². The molecule has 8 nitrogen and oxygen atoms in total. The molecule has 242 valence electrons. The first-order chi connectivity index (χ1) is 23.6. The molecule has 0 radical (unpaired) electrons. The smallest absolute Gasteiger partial charge is 0.0658 e. The molecule has 3 aromatic heterocycles. The molecule has 8 heteroatoms. The van der Waals surface area contributed by atoms with E-state index in [9.17, 15) is 0 Å². The highest BCUT2D eigenvalue weighted by atomic mass is 15.1. The average molecular weight is 635 g/mol. The summed E-state index contributed by atoms with van der Waals surface area (Å²) in [6, 6.07) is 18.1. The average Bonchev–Trinajstić information content (AvgIpc) is 3.90. The lowest BCUT2D eigenvalue weighted by Crippen LogP contribution is -2.47. The molecule has 3 aromatic rings. The summed E-state index contributed by atoms with van der Waals surface area (Å²) in [5.74, 6) is 0.172. The van der Waals surface area contributed by atoms with Crippen molar-refractivity contribution in [1.29, 1.82) is 0 Å². The zero-order valence-electron chi connectivity index (χ0n) is 26.9. The zero-order valence-corrected chi connectivity index (χ0v) is 26.9. The summed E-state index contributed by atoms with van der Waals surface area (Å²) < 4.78 is 0. The second kappa shape index (κ2) is 11.7. The predicted octanol–water partition coefficient (Wildman–Crippen LogP) is 5.73. The van der Waals surface area contributed by atoms with Gasteiger partial charge in [-0.1, -0.05) is 36.5 Å². The van der Waals surface area contributed by atoms with Crippen LogP contribution in [0.4, 0.5) is 0 Å². The van der Waals surface area contributed by atoms with Crippen LogP contribution in [0.5, 0.6) is 0 Å². The summed E-state index contributed by atoms with van der Waals surface area (Å²) in [5.41, 5.74) is 9.23. The van der Waals surface area contributed by atoms with Crippen LogP contribution in [0.15, 0.2) is 78.9 Å². The molecule has 9 unspecified atom stereocenters. The van der Waals surface area contributed by atoms with Gasteiger partial charge in [0.05, 0.1) is 22.8 Å². The number of nitrogens with zero attached hydrogens (tertiary/aromatic N) is 2. The third kappa shape index (κ3) is 5.62. The Hall–Kier alpha value is -4.34. The van der Waals surface area contributed by atoms with Gasteiger partial charge >= 0.3 is 0 Å². The lowest BCUT2D eigenvalue weighted by atomic mass is 9.86. The Bertz CT molecular complexity index is 2060. The van der Waals surface area contributed by atoms with Crippen molar-refractivity contribution >= 4 is 46.4 Å². The largest absolute Gasteiger partial charge is 0.355 e. The van der Waals surface area contributed by atoms with Gasteiger partial charge in [0.2, 0.25) is 0 Å². The Labute approximate surface area is 280 Å². The van der Waals surface area contributed by atoms with Crippen LogP contribution in [0, 0.1) is 0 Å². The fourth-order valence-corrected chi connectivity index (χ4v) is 9.00. The van der Waals surface area contributed by atoms with Crippen molar-refractivity contribution in [3.05, 3.63) is 107 Å². The topological polar surface area (TPSA) is 105 Å². The van der Waals surface area contributed by atoms with E-state index in [0.717, 1.165) is 57.7 Å². The van der Waals surface area contributed by atoms with E-state index in [2.05, 4.69) is 134 Å². The molecule has 9 atom stereocenters. The summed E-state index contributed by atoms with van der Waals surface area (Å²) >= 11 is 0. The second-order valence-electron chi connectivity index (χ2n) is 14.6. The van der Waals surface area contributed by atoms with Crippen molar-refractivity contribution < 1.29 is 0 Å². The van der Waals surface area contributed by atoms with Gasteiger partial charge in [0, 0.05) is 76.3 Å². The van der Waals surface area contributed by atoms with Gasteiger partial charge in [0.15, 0.2) is 0 Å². The van der Waals surface area contributed by atoms with Gasteiger partial charge in [0.1, 0.15) is 0 Å². The van der Waals surface area contributed by atoms with Gasteiger partial charge in [-0.05, 0) is 104 Å². The number of nitrogens with one attached hydrogen (secondary N) is 6. The molecule has 0 saturated carbocycles. The van der Waals surface area contributed by atoms with Crippen LogP contribution >= 0.6 is 0 Å². The summed E-state index contributed by atoms with van der Waals surface area (Å²) in [4.78, 5) is 17.2. The number of H-pyrrole nitrogens is 2. The summed E-state index contributed by atoms with van der Waals surface area (Å²) in [5, 5.41) is 16.0. The maximum absolute atomic E-state index is 5.00. The number of aromatic nitrogens is 4. The molecule has 2 fully saturated rings. The number of hydrogen-bond donors (Lipinski definition) is 6. The molecule has 16 bridgehead atoms. The molecule has 0 aromatic carbocycles. The van der Waals surface area contributed by atoms with Gasteiger partial charge in [-0.15, -0.1) is 0 Å². The summed E-state index contributed by atoms with van der Waals surface area (Å²) in [6.45, 7) is 0. The van der Waals surface area contributed by atoms with Crippen molar-refractivity contribution in [1.82, 2.24) is 41.2 Å². The second-order valence-corrected chi connectivity index (χ2v) is 14.6. The van der Waals surface area contributed by atoms with Crippen LogP contribution in [0.25, 0.3) is 46.4 Å². The Morgan fingerprint density at radius 3 is 1.65 bits per heavy atom. The van der Waals surface area contributed by atoms with Gasteiger partial charge in [-0.25, -0.2) is 9.97 Å². The molecule has 48 heavy (non-hydrogen) atoms. The molecule has 6 N–H and O–H groups in total. The van der Waals surface area contributed by atoms with Crippen LogP contribution in [-0.4, -0.2) is 68.3 Å². The number of fused-ring (bicyclic) bond motifs is 16. The van der Waals surface area contributed by atoms with E-state index in [1.807, 2.05) is 0 Å². The lowest BCUT2D eigenvalue weighted by Gasteiger charge is -2.31. The Balaban J connectivity index is 1.08. The molecule has 7 aliphatic heterocycles. The van der Waals surface area contributed by atoms with E-state index >= 15 is 0 Å². The van der Waals surface area contributed by atoms with E-state index in [1.54, 1.807) is 0 Å². The minimum absolute atomic E-state index is 0.172. The SMILES string of the molecule is C1=Cc2cc3cc(C4C5C=CC(CC6C=CC(CC7CCC(CC8C=CC4N8)N7)N6)N5)c(cc4nc(cc5ccc(cc1n2)[nH]5)C=C4)[nH]3. The molecule has 0 aliphatic carbocycles. The third-order valence-electron chi connectivity index (χ3n) is 11.2. The first-order valence-corrected chi connectivity index (χ1v) is 17.8. The van der Waals surface area contributed by atoms with Crippen LogP contribution in [0.1, 0.15) is 66.4 Å². The number of hydrogen-bond acceptors (Lipinski definition) is 6. The number of rotatable bonds is 1. The molecule has 0 spiro atoms. The highest BCUT2D eigenvalue weighted by Gasteiger charge is 2.38. The molecule has 0 amide bonds. The van der Waals surface area contributed by atoms with Crippen molar-refractivity contribution in [2.75, 3.05) is 0 Å². The van der Waals surface area contributed by atoms with Crippen LogP contribution in [-0.2, 0) is 0 Å². The zero-order chi connectivity index (χ0) is 31.6. The Morgan fingerprint density at radius 2 is 1.00 bits per heavy atom. The fraction of sp³-hybridized carbons (Fsp3) is 0.350. The normalized spacial score (nSPS) is 33.3. The molecule has 10 rings (SSSR count). The van der Waals surface area contributed by atoms with Crippen molar-refractivity contribution in [3.8, 4) is 0 Å². The molecular weight excluding hydrogens is 592 g/mol. The Morgan fingerprint density at radius 1 is 0.479 bits per heavy atom. The minimum Gasteiger partial charge on any atom is -0.355 e. The van der Waals surface area contributed by atoms with E-state index in [1.165, 1.54) is 24.8 Å². The van der Waals surface area contributed by atoms with Crippen LogP contribution in [0.3, 0.4) is 0 Å². The van der Waals surface area contributed by atoms with Crippen LogP contribution < -0.4 is 21.3 Å². The van der Waals surface area contributed by atoms with Crippen LogP contribution in [0.2, 0.25) is 0 Å². The van der Waals surface area contributed by atoms with E-state index in [4.69, 9.17) is 9.97 Å². The van der Waals surface area contributed by atoms with Gasteiger partial charge in [0.25, 0.3) is 0 Å². The van der Waals surface area contributed by atoms with Gasteiger partial charge < -0.3 is 31.2 Å². The Kier molecular flexibility index (Phi) is 6.96. The quantitative estimate of drug-likeness (QED) is 0.132. The summed E-state index contributed by atoms with van der Waals surface area (Å²) in [7, 11) is 0. The predicted molar refractivity (Wildman–Crippen MR) is 195 cm³/mol. The van der Waals surface area contributed by atoms with E-state index < -0.39 is 0 Å². The fourth-order valence-electron chi connectivity index (χ4n) is 9.00. The number of aromatic amines is 2. The highest BCUT2D eigenvalue weighted by molar-refractivity contribution is 5.78. The first-order valence-electron chi connectivity index (χ1n) is 17.8. The van der Waals surface area contributed by atoms with Crippen molar-refractivity contribution in [2.24, 2.45) is 0 Å². The molecule has 2 saturated heterocycles. The molecule has 10 heterocycles. The minimum atomic E-state index is 0.172. The van der Waals surface area contributed by atoms with E-state index in [-0.39, 0.29) is 18.0 Å². The molecular formula is C40H42N8. The first kappa shape index (κ1) is 28.7. The maximum atomic E-state index is 5.00. The third-order valence-corrected chi connectivity index (χ3v) is 11.2. The highest BCUT2D eigenvalue weighted by Crippen LogP contribution is 2.36. The standard InChI is InChI=1S/C40H42N8/c1-2-26-17-28-9-10-34(45-28)22-39-36(21-35(48-39)20-31-8-7-27(44-31)16-23(1)41-26)40-37-13-11-32(46-37)18-29-5-3-24(42-29)15-25-4-6-30(43-25)19-33-12-14-38(40)47-33/h1-3,5,7-14,16-17,20-22,24-25,29-30,32-33,37-38,40-43,46-48H,4,6,15,18-19H2. The summed E-state index contributed by atoms with van der Waals surface area (Å²) in [6.07, 6.45) is 28.7. The molecule has 7 aliphatic rings.